The van der Waals surface area contributed by atoms with E-state index in [-0.39, 0.29) is 0 Å². The fourth-order valence-corrected chi connectivity index (χ4v) is 1.45. The summed E-state index contributed by atoms with van der Waals surface area (Å²) in [6, 6.07) is 0. The van der Waals surface area contributed by atoms with E-state index >= 15 is 0 Å². The van der Waals surface area contributed by atoms with Gasteiger partial charge in [-0.2, -0.15) is 0 Å². The maximum absolute atomic E-state index is 4.99. The Balaban J connectivity index is 2.27. The topological polar surface area (TPSA) is 21.6 Å². The van der Waals surface area contributed by atoms with E-state index in [1.165, 1.54) is 12.1 Å². The molecular formula is C6H10INO. The zero-order valence-electron chi connectivity index (χ0n) is 5.43. The molecule has 1 rings (SSSR count). The lowest BCUT2D eigenvalue weighted by atomic mass is 10.2. The summed E-state index contributed by atoms with van der Waals surface area (Å²) in [6.45, 7) is 2.16. The highest BCUT2D eigenvalue weighted by atomic mass is 127. The van der Waals surface area contributed by atoms with Crippen LogP contribution in [0.3, 0.4) is 0 Å². The Morgan fingerprint density at radius 3 is 3.11 bits per heavy atom. The number of nitrogens with zero attached hydrogens (tertiary/aromatic N) is 1. The first-order chi connectivity index (χ1) is 4.33. The van der Waals surface area contributed by atoms with Crippen LogP contribution >= 0.6 is 22.6 Å². The van der Waals surface area contributed by atoms with Crippen molar-refractivity contribution in [2.45, 2.75) is 30.3 Å². The first kappa shape index (κ1) is 7.31. The summed E-state index contributed by atoms with van der Waals surface area (Å²) < 4.78 is 0.296. The van der Waals surface area contributed by atoms with E-state index in [0.29, 0.717) is 4.11 Å². The van der Waals surface area contributed by atoms with Crippen molar-refractivity contribution < 1.29 is 4.84 Å². The summed E-state index contributed by atoms with van der Waals surface area (Å²) in [5.74, 6) is 0. The van der Waals surface area contributed by atoms with Crippen molar-refractivity contribution in [2.75, 3.05) is 0 Å². The summed E-state index contributed by atoms with van der Waals surface area (Å²) in [6.07, 6.45) is 3.29. The van der Waals surface area contributed by atoms with Crippen LogP contribution in [0.2, 0.25) is 0 Å². The van der Waals surface area contributed by atoms with Gasteiger partial charge in [-0.15, -0.1) is 0 Å². The van der Waals surface area contributed by atoms with Crippen molar-refractivity contribution in [3.05, 3.63) is 0 Å². The Morgan fingerprint density at radius 2 is 2.67 bits per heavy atom. The van der Waals surface area contributed by atoms with Crippen LogP contribution in [0.5, 0.6) is 0 Å². The molecule has 2 nitrogen and oxygen atoms in total. The molecule has 0 aromatic carbocycles. The first-order valence-corrected chi connectivity index (χ1v) is 4.43. The summed E-state index contributed by atoms with van der Waals surface area (Å²) in [4.78, 5) is 4.99. The molecule has 1 atom stereocenters. The van der Waals surface area contributed by atoms with E-state index in [1.807, 2.05) is 0 Å². The number of hydrogen-bond donors (Lipinski definition) is 0. The third-order valence-corrected chi connectivity index (χ3v) is 1.90. The van der Waals surface area contributed by atoms with Gasteiger partial charge in [-0.25, -0.2) is 0 Å². The maximum atomic E-state index is 4.99. The lowest BCUT2D eigenvalue weighted by molar-refractivity contribution is 0.159. The average molecular weight is 239 g/mol. The molecule has 3 heteroatoms. The van der Waals surface area contributed by atoms with Crippen LogP contribution in [-0.2, 0) is 4.84 Å². The summed E-state index contributed by atoms with van der Waals surface area (Å²) in [7, 11) is 0. The molecule has 0 aliphatic carbocycles. The Bertz CT molecular complexity index is 124. The van der Waals surface area contributed by atoms with Crippen LogP contribution in [0.25, 0.3) is 0 Å². The molecule has 1 aliphatic heterocycles. The third kappa shape index (κ3) is 2.12. The lowest BCUT2D eigenvalue weighted by Crippen LogP contribution is -1.97. The lowest BCUT2D eigenvalue weighted by Gasteiger charge is -1.93. The Morgan fingerprint density at radius 1 is 1.89 bits per heavy atom. The average Bonchev–Trinajstić information content (AvgIpc) is 2.17. The van der Waals surface area contributed by atoms with Crippen LogP contribution in [-0.4, -0.2) is 9.82 Å². The molecule has 0 bridgehead atoms. The van der Waals surface area contributed by atoms with Crippen molar-refractivity contribution in [2.24, 2.45) is 5.16 Å². The van der Waals surface area contributed by atoms with Crippen LogP contribution in [0.4, 0.5) is 0 Å². The summed E-state index contributed by atoms with van der Waals surface area (Å²) in [5.41, 5.74) is 1.22. The zero-order valence-corrected chi connectivity index (χ0v) is 7.59. The van der Waals surface area contributed by atoms with E-state index < -0.39 is 0 Å². The quantitative estimate of drug-likeness (QED) is 0.535. The van der Waals surface area contributed by atoms with Gasteiger partial charge >= 0.3 is 0 Å². The van der Waals surface area contributed by atoms with Crippen molar-refractivity contribution in [1.82, 2.24) is 0 Å². The molecule has 0 N–H and O–H groups in total. The van der Waals surface area contributed by atoms with Crippen molar-refractivity contribution in [1.29, 1.82) is 0 Å². The van der Waals surface area contributed by atoms with Gasteiger partial charge in [0, 0.05) is 6.42 Å². The molecule has 0 aromatic rings. The highest BCUT2D eigenvalue weighted by Gasteiger charge is 2.15. The van der Waals surface area contributed by atoms with Crippen molar-refractivity contribution in [3.63, 3.8) is 0 Å². The van der Waals surface area contributed by atoms with E-state index in [4.69, 9.17) is 4.84 Å². The number of alkyl halides is 1. The van der Waals surface area contributed by atoms with Gasteiger partial charge in [0.15, 0.2) is 4.11 Å². The number of halogens is 1. The zero-order chi connectivity index (χ0) is 6.69. The largest absolute Gasteiger partial charge is 0.382 e. The molecule has 0 spiro atoms. The first-order valence-electron chi connectivity index (χ1n) is 3.18. The Kier molecular flexibility index (Phi) is 2.75. The van der Waals surface area contributed by atoms with Crippen molar-refractivity contribution >= 4 is 28.3 Å². The predicted octanol–water partition coefficient (Wildman–Crippen LogP) is 2.32. The fourth-order valence-electron chi connectivity index (χ4n) is 0.828. The Labute approximate surface area is 68.8 Å². The van der Waals surface area contributed by atoms with E-state index in [2.05, 4.69) is 34.7 Å². The molecule has 1 heterocycles. The molecular weight excluding hydrogens is 229 g/mol. The van der Waals surface area contributed by atoms with Gasteiger partial charge in [-0.3, -0.25) is 0 Å². The van der Waals surface area contributed by atoms with Gasteiger partial charge < -0.3 is 4.84 Å². The molecule has 9 heavy (non-hydrogen) atoms. The standard InChI is InChI=1S/C6H10INO/c1-2-3-5-4-6(7)9-8-5/h6H,2-4H2,1H3. The summed E-state index contributed by atoms with van der Waals surface area (Å²) in [5, 5.41) is 3.92. The second-order valence-corrected chi connectivity index (χ2v) is 3.52. The number of oxime groups is 1. The molecule has 0 radical (unpaired) electrons. The molecule has 0 saturated carbocycles. The van der Waals surface area contributed by atoms with Gasteiger partial charge in [0.05, 0.1) is 5.71 Å². The molecule has 52 valence electrons. The van der Waals surface area contributed by atoms with Crippen LogP contribution in [0.1, 0.15) is 26.2 Å². The van der Waals surface area contributed by atoms with Crippen molar-refractivity contribution in [3.8, 4) is 0 Å². The second-order valence-electron chi connectivity index (χ2n) is 2.13. The summed E-state index contributed by atoms with van der Waals surface area (Å²) >= 11 is 2.25. The SMILES string of the molecule is CCCC1=NOC(I)C1. The highest BCUT2D eigenvalue weighted by molar-refractivity contribution is 14.1. The van der Waals surface area contributed by atoms with Gasteiger partial charge in [0.25, 0.3) is 0 Å². The monoisotopic (exact) mass is 239 g/mol. The van der Waals surface area contributed by atoms with Gasteiger partial charge in [-0.1, -0.05) is 18.5 Å². The van der Waals surface area contributed by atoms with Gasteiger partial charge in [0.2, 0.25) is 0 Å². The predicted molar refractivity (Wildman–Crippen MR) is 45.9 cm³/mol. The van der Waals surface area contributed by atoms with Crippen LogP contribution in [0, 0.1) is 0 Å². The minimum atomic E-state index is 0.296. The maximum Gasteiger partial charge on any atom is 0.182 e. The highest BCUT2D eigenvalue weighted by Crippen LogP contribution is 2.18. The van der Waals surface area contributed by atoms with Crippen LogP contribution in [0.15, 0.2) is 5.16 Å². The third-order valence-electron chi connectivity index (χ3n) is 1.23. The molecule has 0 saturated heterocycles. The molecule has 1 unspecified atom stereocenters. The van der Waals surface area contributed by atoms with Crippen LogP contribution < -0.4 is 0 Å². The van der Waals surface area contributed by atoms with E-state index in [0.717, 1.165) is 12.8 Å². The van der Waals surface area contributed by atoms with Gasteiger partial charge in [-0.05, 0) is 29.0 Å². The molecule has 0 amide bonds. The minimum absolute atomic E-state index is 0.296. The van der Waals surface area contributed by atoms with E-state index in [1.54, 1.807) is 0 Å². The fraction of sp³-hybridized carbons (Fsp3) is 0.833. The molecule has 1 aliphatic rings. The smallest absolute Gasteiger partial charge is 0.182 e. The Hall–Kier alpha value is 0.200. The van der Waals surface area contributed by atoms with E-state index in [9.17, 15) is 0 Å². The normalized spacial score (nSPS) is 25.6. The molecule has 0 fully saturated rings. The molecule has 0 aromatic heterocycles. The second kappa shape index (κ2) is 3.39. The van der Waals surface area contributed by atoms with Gasteiger partial charge in [0.1, 0.15) is 0 Å². The number of rotatable bonds is 2. The number of hydrogen-bond acceptors (Lipinski definition) is 2. The minimum Gasteiger partial charge on any atom is -0.382 e.